The van der Waals surface area contributed by atoms with Gasteiger partial charge in [-0.25, -0.2) is 8.42 Å². The van der Waals surface area contributed by atoms with Gasteiger partial charge in [0.05, 0.1) is 16.0 Å². The van der Waals surface area contributed by atoms with Crippen molar-refractivity contribution in [1.29, 1.82) is 0 Å². The first kappa shape index (κ1) is 16.2. The summed E-state index contributed by atoms with van der Waals surface area (Å²) in [6.07, 6.45) is 1.66. The Hall–Kier alpha value is -0.880. The molecule has 1 N–H and O–H groups in total. The Morgan fingerprint density at radius 2 is 1.95 bits per heavy atom. The van der Waals surface area contributed by atoms with Gasteiger partial charge in [-0.15, -0.1) is 11.6 Å². The number of halogens is 3. The van der Waals surface area contributed by atoms with E-state index in [1.54, 1.807) is 6.07 Å². The van der Waals surface area contributed by atoms with E-state index in [9.17, 15) is 17.2 Å². The summed E-state index contributed by atoms with van der Waals surface area (Å²) in [5.41, 5.74) is 0.157. The number of hydrogen-bond acceptors (Lipinski definition) is 3. The van der Waals surface area contributed by atoms with E-state index in [4.69, 9.17) is 11.6 Å². The van der Waals surface area contributed by atoms with E-state index in [1.165, 1.54) is 12.1 Å². The highest BCUT2D eigenvalue weighted by atomic mass is 35.5. The van der Waals surface area contributed by atoms with Gasteiger partial charge >= 0.3 is 5.76 Å². The van der Waals surface area contributed by atoms with Crippen molar-refractivity contribution in [2.75, 3.05) is 11.9 Å². The van der Waals surface area contributed by atoms with E-state index in [1.807, 2.05) is 6.92 Å². The molecule has 0 fully saturated rings. The van der Waals surface area contributed by atoms with Crippen LogP contribution >= 0.6 is 11.6 Å². The molecule has 0 bridgehead atoms. The van der Waals surface area contributed by atoms with Crippen molar-refractivity contribution >= 4 is 27.1 Å². The molecule has 1 rings (SSSR count). The Morgan fingerprint density at radius 1 is 1.32 bits per heavy atom. The maximum atomic E-state index is 12.6. The molecular weight excluding hydrogens is 296 g/mol. The molecule has 0 spiro atoms. The summed E-state index contributed by atoms with van der Waals surface area (Å²) >= 11 is 6.00. The van der Waals surface area contributed by atoms with Crippen molar-refractivity contribution in [3.63, 3.8) is 0 Å². The minimum Gasteiger partial charge on any atom is -0.383 e. The SMILES string of the molecule is CCCC(Cl)CNc1ccccc1S(=O)(=O)C(F)F. The van der Waals surface area contributed by atoms with Gasteiger partial charge in [-0.3, -0.25) is 0 Å². The van der Waals surface area contributed by atoms with Gasteiger partial charge in [-0.05, 0) is 18.6 Å². The fraction of sp³-hybridized carbons (Fsp3) is 0.500. The first-order valence-electron chi connectivity index (χ1n) is 5.88. The van der Waals surface area contributed by atoms with Gasteiger partial charge in [-0.1, -0.05) is 25.5 Å². The van der Waals surface area contributed by atoms with Crippen LogP contribution in [-0.4, -0.2) is 26.1 Å². The van der Waals surface area contributed by atoms with Crippen molar-refractivity contribution in [1.82, 2.24) is 0 Å². The number of anilines is 1. The van der Waals surface area contributed by atoms with Crippen LogP contribution in [0.5, 0.6) is 0 Å². The molecule has 1 unspecified atom stereocenters. The van der Waals surface area contributed by atoms with Crippen LogP contribution in [0.4, 0.5) is 14.5 Å². The topological polar surface area (TPSA) is 46.2 Å². The van der Waals surface area contributed by atoms with Crippen LogP contribution in [0.2, 0.25) is 0 Å². The van der Waals surface area contributed by atoms with Gasteiger partial charge in [0.15, 0.2) is 0 Å². The molecule has 19 heavy (non-hydrogen) atoms. The number of alkyl halides is 3. The third-order valence-corrected chi connectivity index (χ3v) is 4.35. The number of para-hydroxylation sites is 1. The van der Waals surface area contributed by atoms with E-state index in [0.717, 1.165) is 18.9 Å². The molecule has 1 aromatic carbocycles. The predicted molar refractivity (Wildman–Crippen MR) is 72.7 cm³/mol. The monoisotopic (exact) mass is 311 g/mol. The molecular formula is C12H16ClF2NO2S. The third kappa shape index (κ3) is 4.31. The van der Waals surface area contributed by atoms with Crippen LogP contribution in [0, 0.1) is 0 Å². The van der Waals surface area contributed by atoms with Gasteiger partial charge in [0, 0.05) is 6.54 Å². The minimum atomic E-state index is -4.61. The van der Waals surface area contributed by atoms with Crippen molar-refractivity contribution in [3.8, 4) is 0 Å². The second kappa shape index (κ2) is 7.05. The molecule has 108 valence electrons. The number of nitrogens with one attached hydrogen (secondary N) is 1. The summed E-state index contributed by atoms with van der Waals surface area (Å²) in [6, 6.07) is 5.60. The van der Waals surface area contributed by atoms with Crippen LogP contribution in [0.3, 0.4) is 0 Å². The Balaban J connectivity index is 2.91. The summed E-state index contributed by atoms with van der Waals surface area (Å²) in [5.74, 6) is -3.43. The minimum absolute atomic E-state index is 0.157. The number of sulfone groups is 1. The average molecular weight is 312 g/mol. The van der Waals surface area contributed by atoms with E-state index in [2.05, 4.69) is 5.32 Å². The molecule has 1 atom stereocenters. The van der Waals surface area contributed by atoms with Crippen LogP contribution in [-0.2, 0) is 9.84 Å². The van der Waals surface area contributed by atoms with E-state index in [0.29, 0.717) is 6.54 Å². The lowest BCUT2D eigenvalue weighted by atomic mass is 10.2. The second-order valence-electron chi connectivity index (χ2n) is 4.07. The Morgan fingerprint density at radius 3 is 2.53 bits per heavy atom. The van der Waals surface area contributed by atoms with Crippen molar-refractivity contribution < 1.29 is 17.2 Å². The normalized spacial score (nSPS) is 13.5. The molecule has 0 aliphatic rings. The maximum Gasteiger partial charge on any atom is 0.341 e. The molecule has 0 saturated heterocycles. The fourth-order valence-corrected chi connectivity index (χ4v) is 2.80. The van der Waals surface area contributed by atoms with Gasteiger partial charge in [0.1, 0.15) is 0 Å². The highest BCUT2D eigenvalue weighted by Crippen LogP contribution is 2.26. The smallest absolute Gasteiger partial charge is 0.341 e. The first-order chi connectivity index (χ1) is 8.89. The van der Waals surface area contributed by atoms with E-state index < -0.39 is 20.5 Å². The average Bonchev–Trinajstić information content (AvgIpc) is 2.37. The highest BCUT2D eigenvalue weighted by Gasteiger charge is 2.28. The summed E-state index contributed by atoms with van der Waals surface area (Å²) in [4.78, 5) is -0.398. The largest absolute Gasteiger partial charge is 0.383 e. The molecule has 0 aliphatic carbocycles. The van der Waals surface area contributed by atoms with Crippen molar-refractivity contribution in [2.45, 2.75) is 35.8 Å². The zero-order valence-electron chi connectivity index (χ0n) is 10.4. The van der Waals surface area contributed by atoms with Gasteiger partial charge in [0.2, 0.25) is 9.84 Å². The number of rotatable bonds is 7. The second-order valence-corrected chi connectivity index (χ2v) is 6.57. The molecule has 0 amide bonds. The summed E-state index contributed by atoms with van der Waals surface area (Å²) < 4.78 is 48.1. The highest BCUT2D eigenvalue weighted by molar-refractivity contribution is 7.91. The summed E-state index contributed by atoms with van der Waals surface area (Å²) in [7, 11) is -4.61. The lowest BCUT2D eigenvalue weighted by molar-refractivity contribution is 0.235. The maximum absolute atomic E-state index is 12.6. The Bertz CT molecular complexity index is 508. The van der Waals surface area contributed by atoms with E-state index >= 15 is 0 Å². The Kier molecular flexibility index (Phi) is 6.00. The van der Waals surface area contributed by atoms with Crippen LogP contribution in [0.1, 0.15) is 19.8 Å². The van der Waals surface area contributed by atoms with Crippen LogP contribution in [0.25, 0.3) is 0 Å². The first-order valence-corrected chi connectivity index (χ1v) is 7.87. The fourth-order valence-electron chi connectivity index (χ4n) is 1.59. The number of hydrogen-bond donors (Lipinski definition) is 1. The molecule has 3 nitrogen and oxygen atoms in total. The summed E-state index contributed by atoms with van der Waals surface area (Å²) in [6.45, 7) is 2.30. The molecule has 0 saturated carbocycles. The van der Waals surface area contributed by atoms with E-state index in [-0.39, 0.29) is 11.1 Å². The van der Waals surface area contributed by atoms with Crippen LogP contribution in [0.15, 0.2) is 29.2 Å². The van der Waals surface area contributed by atoms with Gasteiger partial charge in [-0.2, -0.15) is 8.78 Å². The molecule has 7 heteroatoms. The Labute approximate surface area is 116 Å². The molecule has 0 aliphatic heterocycles. The zero-order chi connectivity index (χ0) is 14.5. The number of benzene rings is 1. The lowest BCUT2D eigenvalue weighted by Gasteiger charge is -2.14. The summed E-state index contributed by atoms with van der Waals surface area (Å²) in [5, 5.41) is 2.64. The zero-order valence-corrected chi connectivity index (χ0v) is 12.0. The van der Waals surface area contributed by atoms with Crippen LogP contribution < -0.4 is 5.32 Å². The molecule has 0 radical (unpaired) electrons. The van der Waals surface area contributed by atoms with Crippen molar-refractivity contribution in [3.05, 3.63) is 24.3 Å². The van der Waals surface area contributed by atoms with Gasteiger partial charge < -0.3 is 5.32 Å². The third-order valence-electron chi connectivity index (χ3n) is 2.54. The predicted octanol–water partition coefficient (Wildman–Crippen LogP) is 3.50. The lowest BCUT2D eigenvalue weighted by Crippen LogP contribution is -2.18. The standard InChI is InChI=1S/C12H16ClF2NO2S/c1-2-5-9(13)8-16-10-6-3-4-7-11(10)19(17,18)12(14)15/h3-4,6-7,9,12,16H,2,5,8H2,1H3. The molecule has 0 heterocycles. The molecule has 1 aromatic rings. The molecule has 0 aromatic heterocycles. The van der Waals surface area contributed by atoms with Gasteiger partial charge in [0.25, 0.3) is 0 Å². The van der Waals surface area contributed by atoms with Crippen molar-refractivity contribution in [2.24, 2.45) is 0 Å². The quantitative estimate of drug-likeness (QED) is 0.784.